The van der Waals surface area contributed by atoms with Crippen molar-refractivity contribution in [2.24, 2.45) is 0 Å². The number of methoxy groups -OCH3 is 2. The molecule has 0 fully saturated rings. The van der Waals surface area contributed by atoms with Crippen molar-refractivity contribution in [3.8, 4) is 22.9 Å². The van der Waals surface area contributed by atoms with Gasteiger partial charge in [0.05, 0.1) is 20.8 Å². The van der Waals surface area contributed by atoms with Gasteiger partial charge < -0.3 is 14.4 Å². The van der Waals surface area contributed by atoms with E-state index in [-0.39, 0.29) is 0 Å². The highest BCUT2D eigenvalue weighted by Gasteiger charge is 2.23. The topological polar surface area (TPSA) is 56.5 Å². The summed E-state index contributed by atoms with van der Waals surface area (Å²) < 4.78 is 13.5. The molecule has 0 radical (unpaired) electrons. The van der Waals surface area contributed by atoms with E-state index in [1.807, 2.05) is 4.68 Å². The number of H-pyrrole nitrogens is 1. The molecule has 4 rings (SSSR count). The molecule has 1 aromatic heterocycles. The van der Waals surface area contributed by atoms with Gasteiger partial charge in [0.15, 0.2) is 24.0 Å². The third-order valence-corrected chi connectivity index (χ3v) is 5.90. The molecule has 152 valence electrons. The Balaban J connectivity index is 1.52. The summed E-state index contributed by atoms with van der Waals surface area (Å²) in [5, 5.41) is 3.38. The van der Waals surface area contributed by atoms with Gasteiger partial charge in [-0.1, -0.05) is 31.2 Å². The summed E-state index contributed by atoms with van der Waals surface area (Å²) >= 11 is 5.51. The van der Waals surface area contributed by atoms with Crippen LogP contribution < -0.4 is 14.4 Å². The van der Waals surface area contributed by atoms with Gasteiger partial charge in [-0.3, -0.25) is 5.10 Å². The molecule has 2 heterocycles. The quantitative estimate of drug-likeness (QED) is 0.613. The summed E-state index contributed by atoms with van der Waals surface area (Å²) in [5.74, 6) is 2.40. The van der Waals surface area contributed by atoms with E-state index in [4.69, 9.17) is 21.7 Å². The first-order chi connectivity index (χ1) is 14.1. The number of hydrogen-bond acceptors (Lipinski definition) is 4. The fourth-order valence-corrected chi connectivity index (χ4v) is 4.08. The molecule has 2 N–H and O–H groups in total. The zero-order chi connectivity index (χ0) is 20.4. The fourth-order valence-electron chi connectivity index (χ4n) is 3.88. The van der Waals surface area contributed by atoms with Crippen LogP contribution in [0.2, 0.25) is 0 Å². The smallest absolute Gasteiger partial charge is 0.221 e. The SMILES string of the molecule is CCc1ccc(-c2nc(=S)n(C[NH+]3CCc4cc(OC)c(OC)cc4C3)[nH]2)cc1. The Morgan fingerprint density at radius 3 is 2.45 bits per heavy atom. The first kappa shape index (κ1) is 19.7. The third kappa shape index (κ3) is 4.06. The molecule has 0 aliphatic carbocycles. The Kier molecular flexibility index (Phi) is 5.69. The van der Waals surface area contributed by atoms with Crippen LogP contribution in [0, 0.1) is 4.77 Å². The van der Waals surface area contributed by atoms with Gasteiger partial charge in [0.2, 0.25) is 4.77 Å². The summed E-state index contributed by atoms with van der Waals surface area (Å²) in [7, 11) is 3.36. The molecular formula is C22H27N4O2S+. The molecule has 1 unspecified atom stereocenters. The molecule has 0 amide bonds. The lowest BCUT2D eigenvalue weighted by molar-refractivity contribution is -0.939. The Morgan fingerprint density at radius 1 is 1.10 bits per heavy atom. The van der Waals surface area contributed by atoms with Gasteiger partial charge >= 0.3 is 0 Å². The molecular weight excluding hydrogens is 384 g/mol. The highest BCUT2D eigenvalue weighted by atomic mass is 32.1. The maximum atomic E-state index is 5.51. The molecule has 0 saturated heterocycles. The van der Waals surface area contributed by atoms with Crippen molar-refractivity contribution >= 4 is 12.2 Å². The van der Waals surface area contributed by atoms with Gasteiger partial charge in [-0.25, -0.2) is 4.68 Å². The number of aryl methyl sites for hydroxylation is 1. The number of fused-ring (bicyclic) bond motifs is 1. The minimum Gasteiger partial charge on any atom is -0.493 e. The summed E-state index contributed by atoms with van der Waals surface area (Å²) in [4.78, 5) is 6.00. The van der Waals surface area contributed by atoms with Gasteiger partial charge in [-0.2, -0.15) is 4.98 Å². The van der Waals surface area contributed by atoms with E-state index >= 15 is 0 Å². The van der Waals surface area contributed by atoms with Crippen LogP contribution in [-0.2, 0) is 26.1 Å². The van der Waals surface area contributed by atoms with Crippen LogP contribution in [0.25, 0.3) is 11.4 Å². The fraction of sp³-hybridized carbons (Fsp3) is 0.364. The van der Waals surface area contributed by atoms with Crippen molar-refractivity contribution < 1.29 is 14.4 Å². The van der Waals surface area contributed by atoms with E-state index in [0.717, 1.165) is 55.5 Å². The molecule has 1 aliphatic heterocycles. The van der Waals surface area contributed by atoms with E-state index in [0.29, 0.717) is 4.77 Å². The third-order valence-electron chi connectivity index (χ3n) is 5.59. The predicted molar refractivity (Wildman–Crippen MR) is 115 cm³/mol. The van der Waals surface area contributed by atoms with Crippen molar-refractivity contribution in [2.75, 3.05) is 20.8 Å². The van der Waals surface area contributed by atoms with Crippen molar-refractivity contribution in [1.82, 2.24) is 14.8 Å². The van der Waals surface area contributed by atoms with Crippen LogP contribution in [0.15, 0.2) is 36.4 Å². The van der Waals surface area contributed by atoms with Crippen molar-refractivity contribution in [3.05, 3.63) is 57.9 Å². The van der Waals surface area contributed by atoms with E-state index in [2.05, 4.69) is 53.4 Å². The van der Waals surface area contributed by atoms with Crippen molar-refractivity contribution in [3.63, 3.8) is 0 Å². The molecule has 0 saturated carbocycles. The standard InChI is InChI=1S/C22H26N4O2S/c1-4-15-5-7-16(8-6-15)21-23-22(29)26(24-21)14-25-10-9-17-11-19(27-2)20(28-3)12-18(17)13-25/h5-8,11-12H,4,9-10,13-14H2,1-3H3,(H,23,24,29)/p+1. The van der Waals surface area contributed by atoms with Crippen LogP contribution in [0.5, 0.6) is 11.5 Å². The average Bonchev–Trinajstić information content (AvgIpc) is 3.12. The first-order valence-electron chi connectivity index (χ1n) is 9.94. The second kappa shape index (κ2) is 8.39. The van der Waals surface area contributed by atoms with Crippen LogP contribution in [0.3, 0.4) is 0 Å². The molecule has 1 atom stereocenters. The lowest BCUT2D eigenvalue weighted by atomic mass is 9.99. The number of hydrogen-bond donors (Lipinski definition) is 2. The van der Waals surface area contributed by atoms with Crippen LogP contribution in [0.1, 0.15) is 23.6 Å². The second-order valence-corrected chi connectivity index (χ2v) is 7.76. The number of aromatic amines is 1. The molecule has 2 aromatic carbocycles. The number of aromatic nitrogens is 3. The Bertz CT molecular complexity index is 1060. The highest BCUT2D eigenvalue weighted by Crippen LogP contribution is 2.31. The van der Waals surface area contributed by atoms with Gasteiger partial charge in [0, 0.05) is 17.5 Å². The minimum absolute atomic E-state index is 0.588. The van der Waals surface area contributed by atoms with Crippen LogP contribution >= 0.6 is 12.2 Å². The highest BCUT2D eigenvalue weighted by molar-refractivity contribution is 7.71. The van der Waals surface area contributed by atoms with E-state index in [1.54, 1.807) is 14.2 Å². The van der Waals surface area contributed by atoms with Gasteiger partial charge in [-0.15, -0.1) is 0 Å². The number of nitrogens with zero attached hydrogens (tertiary/aromatic N) is 2. The first-order valence-corrected chi connectivity index (χ1v) is 10.4. The average molecular weight is 412 g/mol. The van der Waals surface area contributed by atoms with E-state index < -0.39 is 0 Å². The molecule has 3 aromatic rings. The lowest BCUT2D eigenvalue weighted by Crippen LogP contribution is -3.11. The summed E-state index contributed by atoms with van der Waals surface area (Å²) in [6, 6.07) is 12.7. The zero-order valence-corrected chi connectivity index (χ0v) is 17.9. The largest absolute Gasteiger partial charge is 0.493 e. The molecule has 1 aliphatic rings. The Labute approximate surface area is 176 Å². The summed E-state index contributed by atoms with van der Waals surface area (Å²) in [6.07, 6.45) is 2.03. The number of ether oxygens (including phenoxy) is 2. The molecule has 7 heteroatoms. The summed E-state index contributed by atoms with van der Waals surface area (Å²) in [5.41, 5.74) is 5.00. The predicted octanol–water partition coefficient (Wildman–Crippen LogP) is 2.79. The zero-order valence-electron chi connectivity index (χ0n) is 17.1. The molecule has 0 bridgehead atoms. The Hall–Kier alpha value is -2.64. The molecule has 0 spiro atoms. The number of nitrogens with one attached hydrogen (secondary N) is 2. The van der Waals surface area contributed by atoms with Crippen LogP contribution in [0.4, 0.5) is 0 Å². The number of rotatable bonds is 6. The monoisotopic (exact) mass is 411 g/mol. The van der Waals surface area contributed by atoms with Crippen molar-refractivity contribution in [2.45, 2.75) is 33.0 Å². The number of quaternary nitrogens is 1. The number of benzene rings is 2. The summed E-state index contributed by atoms with van der Waals surface area (Å²) in [6.45, 7) is 4.86. The molecule has 6 nitrogen and oxygen atoms in total. The van der Waals surface area contributed by atoms with Crippen LogP contribution in [-0.4, -0.2) is 35.5 Å². The maximum absolute atomic E-state index is 5.51. The Morgan fingerprint density at radius 2 is 1.79 bits per heavy atom. The van der Waals surface area contributed by atoms with E-state index in [1.165, 1.54) is 21.6 Å². The van der Waals surface area contributed by atoms with Gasteiger partial charge in [0.25, 0.3) is 0 Å². The normalized spacial score (nSPS) is 15.8. The second-order valence-electron chi connectivity index (χ2n) is 7.39. The molecule has 29 heavy (non-hydrogen) atoms. The van der Waals surface area contributed by atoms with Gasteiger partial charge in [0.1, 0.15) is 6.54 Å². The minimum atomic E-state index is 0.588. The van der Waals surface area contributed by atoms with E-state index in [9.17, 15) is 0 Å². The lowest BCUT2D eigenvalue weighted by Gasteiger charge is -2.26. The maximum Gasteiger partial charge on any atom is 0.221 e. The van der Waals surface area contributed by atoms with Crippen molar-refractivity contribution in [1.29, 1.82) is 0 Å². The van der Waals surface area contributed by atoms with Gasteiger partial charge in [-0.05, 0) is 41.9 Å².